The fourth-order valence-electron chi connectivity index (χ4n) is 1.92. The Morgan fingerprint density at radius 2 is 2.04 bits per heavy atom. The molecule has 2 aromatic carbocycles. The Hall–Kier alpha value is -3.13. The lowest BCUT2D eigenvalue weighted by atomic mass is 10.1. The van der Waals surface area contributed by atoms with Crippen molar-refractivity contribution in [3.63, 3.8) is 0 Å². The lowest BCUT2D eigenvalue weighted by Crippen LogP contribution is -2.23. The van der Waals surface area contributed by atoms with Crippen molar-refractivity contribution in [2.45, 2.75) is 26.0 Å². The average molecular weight is 338 g/mol. The molecular formula is C20H19FN2O2. The molecule has 1 atom stereocenters. The minimum absolute atomic E-state index is 0.274. The SMILES string of the molecule is C[C@H](N=CC#CCc1ccc(OCc2cccc(F)c2)cc1)C(N)=O. The second-order valence-corrected chi connectivity index (χ2v) is 5.42. The first-order chi connectivity index (χ1) is 12.0. The van der Waals surface area contributed by atoms with Gasteiger partial charge in [-0.1, -0.05) is 36.1 Å². The Balaban J connectivity index is 1.83. The number of primary amides is 1. The highest BCUT2D eigenvalue weighted by molar-refractivity contribution is 5.84. The van der Waals surface area contributed by atoms with E-state index in [0.29, 0.717) is 18.8 Å². The van der Waals surface area contributed by atoms with E-state index in [9.17, 15) is 9.18 Å². The van der Waals surface area contributed by atoms with Crippen molar-refractivity contribution in [2.75, 3.05) is 0 Å². The number of nitrogens with two attached hydrogens (primary N) is 1. The minimum atomic E-state index is -0.566. The number of hydrogen-bond acceptors (Lipinski definition) is 3. The zero-order valence-corrected chi connectivity index (χ0v) is 13.9. The van der Waals surface area contributed by atoms with Gasteiger partial charge in [0.05, 0.1) is 6.21 Å². The Morgan fingerprint density at radius 3 is 2.72 bits per heavy atom. The van der Waals surface area contributed by atoms with Gasteiger partial charge in [-0.15, -0.1) is 0 Å². The summed E-state index contributed by atoms with van der Waals surface area (Å²) in [6.45, 7) is 1.93. The largest absolute Gasteiger partial charge is 0.489 e. The molecule has 1 amide bonds. The topological polar surface area (TPSA) is 64.7 Å². The fourth-order valence-corrected chi connectivity index (χ4v) is 1.92. The second-order valence-electron chi connectivity index (χ2n) is 5.42. The molecule has 0 heterocycles. The van der Waals surface area contributed by atoms with Gasteiger partial charge in [0.2, 0.25) is 5.91 Å². The summed E-state index contributed by atoms with van der Waals surface area (Å²) in [7, 11) is 0. The van der Waals surface area contributed by atoms with Crippen LogP contribution in [0, 0.1) is 17.7 Å². The molecule has 0 saturated carbocycles. The summed E-state index contributed by atoms with van der Waals surface area (Å²) in [5, 5.41) is 0. The molecule has 0 unspecified atom stereocenters. The Labute approximate surface area is 146 Å². The molecule has 4 nitrogen and oxygen atoms in total. The van der Waals surface area contributed by atoms with Crippen LogP contribution in [0.3, 0.4) is 0 Å². The molecule has 25 heavy (non-hydrogen) atoms. The van der Waals surface area contributed by atoms with E-state index in [1.807, 2.05) is 30.3 Å². The van der Waals surface area contributed by atoms with Crippen molar-refractivity contribution in [1.82, 2.24) is 0 Å². The number of carbonyl (C=O) groups is 1. The van der Waals surface area contributed by atoms with Crippen LogP contribution in [0.5, 0.6) is 5.75 Å². The molecule has 0 aliphatic rings. The third-order valence-corrected chi connectivity index (χ3v) is 3.39. The second kappa shape index (κ2) is 9.24. The van der Waals surface area contributed by atoms with Crippen molar-refractivity contribution in [1.29, 1.82) is 0 Å². The monoisotopic (exact) mass is 338 g/mol. The van der Waals surface area contributed by atoms with E-state index < -0.39 is 11.9 Å². The number of benzene rings is 2. The summed E-state index contributed by atoms with van der Waals surface area (Å²) in [4.78, 5) is 14.7. The van der Waals surface area contributed by atoms with Gasteiger partial charge in [-0.3, -0.25) is 9.79 Å². The normalized spacial score (nSPS) is 11.6. The van der Waals surface area contributed by atoms with Crippen LogP contribution in [0.1, 0.15) is 18.1 Å². The van der Waals surface area contributed by atoms with Crippen LogP contribution in [0.2, 0.25) is 0 Å². The molecule has 128 valence electrons. The summed E-state index contributed by atoms with van der Waals surface area (Å²) in [6.07, 6.45) is 1.95. The van der Waals surface area contributed by atoms with Crippen LogP contribution in [-0.2, 0) is 17.8 Å². The first-order valence-corrected chi connectivity index (χ1v) is 7.80. The van der Waals surface area contributed by atoms with E-state index in [1.54, 1.807) is 13.0 Å². The smallest absolute Gasteiger partial charge is 0.241 e. The zero-order chi connectivity index (χ0) is 18.1. The van der Waals surface area contributed by atoms with E-state index in [1.165, 1.54) is 18.3 Å². The third-order valence-electron chi connectivity index (χ3n) is 3.39. The lowest BCUT2D eigenvalue weighted by Gasteiger charge is -2.06. The summed E-state index contributed by atoms with van der Waals surface area (Å²) < 4.78 is 18.7. The van der Waals surface area contributed by atoms with Gasteiger partial charge in [0, 0.05) is 6.42 Å². The highest BCUT2D eigenvalue weighted by Crippen LogP contribution is 2.15. The van der Waals surface area contributed by atoms with Crippen LogP contribution in [0.15, 0.2) is 53.5 Å². The molecule has 0 spiro atoms. The number of ether oxygens (including phenoxy) is 1. The maximum absolute atomic E-state index is 13.1. The average Bonchev–Trinajstić information content (AvgIpc) is 2.60. The molecule has 2 N–H and O–H groups in total. The molecule has 5 heteroatoms. The molecule has 2 aromatic rings. The molecule has 0 aliphatic heterocycles. The van der Waals surface area contributed by atoms with Crippen LogP contribution >= 0.6 is 0 Å². The van der Waals surface area contributed by atoms with Crippen molar-refractivity contribution in [3.05, 3.63) is 65.5 Å². The maximum Gasteiger partial charge on any atom is 0.241 e. The predicted molar refractivity (Wildman–Crippen MR) is 95.8 cm³/mol. The van der Waals surface area contributed by atoms with Crippen molar-refractivity contribution < 1.29 is 13.9 Å². The number of rotatable bonds is 6. The van der Waals surface area contributed by atoms with Gasteiger partial charge in [0.25, 0.3) is 0 Å². The highest BCUT2D eigenvalue weighted by Gasteiger charge is 2.02. The summed E-state index contributed by atoms with van der Waals surface area (Å²) in [6, 6.07) is 13.3. The molecule has 0 saturated heterocycles. The predicted octanol–water partition coefficient (Wildman–Crippen LogP) is 2.90. The van der Waals surface area contributed by atoms with E-state index in [-0.39, 0.29) is 5.82 Å². The van der Waals surface area contributed by atoms with Crippen LogP contribution in [0.4, 0.5) is 4.39 Å². The first kappa shape index (κ1) is 18.2. The van der Waals surface area contributed by atoms with Gasteiger partial charge in [-0.05, 0) is 42.3 Å². The van der Waals surface area contributed by atoms with Gasteiger partial charge in [0.1, 0.15) is 24.2 Å². The Morgan fingerprint density at radius 1 is 1.28 bits per heavy atom. The van der Waals surface area contributed by atoms with Gasteiger partial charge in [-0.2, -0.15) is 0 Å². The molecule has 2 rings (SSSR count). The van der Waals surface area contributed by atoms with Crippen LogP contribution < -0.4 is 10.5 Å². The third kappa shape index (κ3) is 6.48. The number of halogens is 1. The van der Waals surface area contributed by atoms with Crippen LogP contribution in [-0.4, -0.2) is 18.2 Å². The summed E-state index contributed by atoms with van der Waals surface area (Å²) in [5.74, 6) is 5.67. The first-order valence-electron chi connectivity index (χ1n) is 7.80. The van der Waals surface area contributed by atoms with Crippen molar-refractivity contribution in [3.8, 4) is 17.6 Å². The fraction of sp³-hybridized carbons (Fsp3) is 0.200. The molecular weight excluding hydrogens is 319 g/mol. The van der Waals surface area contributed by atoms with E-state index >= 15 is 0 Å². The van der Waals surface area contributed by atoms with Gasteiger partial charge < -0.3 is 10.5 Å². The van der Waals surface area contributed by atoms with E-state index in [2.05, 4.69) is 16.8 Å². The summed E-state index contributed by atoms with van der Waals surface area (Å²) in [5.41, 5.74) is 6.90. The van der Waals surface area contributed by atoms with Crippen LogP contribution in [0.25, 0.3) is 0 Å². The number of carbonyl (C=O) groups excluding carboxylic acids is 1. The standard InChI is InChI=1S/C20H19FN2O2/c1-15(20(22)24)23-12-3-2-5-16-8-10-19(11-9-16)25-14-17-6-4-7-18(21)13-17/h4,6-13,15H,5,14H2,1H3,(H2,22,24)/t15-/m0/s1. The molecule has 0 aromatic heterocycles. The quantitative estimate of drug-likeness (QED) is 0.650. The zero-order valence-electron chi connectivity index (χ0n) is 13.9. The summed E-state index contributed by atoms with van der Waals surface area (Å²) >= 11 is 0. The lowest BCUT2D eigenvalue weighted by molar-refractivity contribution is -0.118. The van der Waals surface area contributed by atoms with Gasteiger partial charge >= 0.3 is 0 Å². The minimum Gasteiger partial charge on any atom is -0.489 e. The van der Waals surface area contributed by atoms with E-state index in [4.69, 9.17) is 10.5 Å². The maximum atomic E-state index is 13.1. The van der Waals surface area contributed by atoms with Gasteiger partial charge in [-0.25, -0.2) is 4.39 Å². The number of nitrogens with zero attached hydrogens (tertiary/aromatic N) is 1. The van der Waals surface area contributed by atoms with Gasteiger partial charge in [0.15, 0.2) is 0 Å². The Bertz CT molecular complexity index is 804. The van der Waals surface area contributed by atoms with E-state index in [0.717, 1.165) is 11.1 Å². The highest BCUT2D eigenvalue weighted by atomic mass is 19.1. The van der Waals surface area contributed by atoms with Crippen molar-refractivity contribution in [2.24, 2.45) is 10.7 Å². The number of amides is 1. The molecule has 0 fully saturated rings. The molecule has 0 bridgehead atoms. The molecule has 0 aliphatic carbocycles. The Kier molecular flexibility index (Phi) is 6.73. The number of aliphatic imine (C=N–C) groups is 1. The van der Waals surface area contributed by atoms with Crippen molar-refractivity contribution >= 4 is 12.1 Å². The molecule has 0 radical (unpaired) electrons. The number of hydrogen-bond donors (Lipinski definition) is 1.